The third-order valence-electron chi connectivity index (χ3n) is 3.00. The van der Waals surface area contributed by atoms with Crippen molar-refractivity contribution in [3.8, 4) is 0 Å². The molecule has 110 valence electrons. The minimum absolute atomic E-state index is 0.106. The van der Waals surface area contributed by atoms with Crippen LogP contribution in [0.4, 0.5) is 0 Å². The molecule has 1 rings (SSSR count). The van der Waals surface area contributed by atoms with Crippen molar-refractivity contribution >= 4 is 15.6 Å². The third kappa shape index (κ3) is 3.90. The maximum Gasteiger partial charge on any atom is 0.310 e. The maximum atomic E-state index is 11.3. The zero-order valence-corrected chi connectivity index (χ0v) is 12.9. The van der Waals surface area contributed by atoms with Gasteiger partial charge in [0.2, 0.25) is 0 Å². The van der Waals surface area contributed by atoms with Crippen LogP contribution in [0.1, 0.15) is 30.2 Å². The van der Waals surface area contributed by atoms with Crippen molar-refractivity contribution in [1.29, 1.82) is 4.78 Å². The van der Waals surface area contributed by atoms with Crippen LogP contribution in [0.25, 0.3) is 0 Å². The van der Waals surface area contributed by atoms with Gasteiger partial charge in [-0.15, -0.1) is 0 Å². The molecule has 0 fully saturated rings. The molecule has 1 aromatic rings. The second kappa shape index (κ2) is 7.19. The third-order valence-corrected chi connectivity index (χ3v) is 5.54. The zero-order valence-electron chi connectivity index (χ0n) is 12.1. The lowest BCUT2D eigenvalue weighted by atomic mass is 10.1. The quantitative estimate of drug-likeness (QED) is 0.819. The lowest BCUT2D eigenvalue weighted by Gasteiger charge is -2.18. The normalized spacial score (nSPS) is 14.9. The van der Waals surface area contributed by atoms with Gasteiger partial charge in [-0.3, -0.25) is 18.9 Å². The molecule has 5 nitrogen and oxygen atoms in total. The van der Waals surface area contributed by atoms with Crippen molar-refractivity contribution < 1.29 is 9.53 Å². The number of methoxy groups -OCH3 is 1. The number of carbonyl (C=O) groups is 1. The summed E-state index contributed by atoms with van der Waals surface area (Å²) in [4.78, 5) is 15.4. The van der Waals surface area contributed by atoms with Gasteiger partial charge in [-0.2, -0.15) is 0 Å². The Labute approximate surface area is 120 Å². The van der Waals surface area contributed by atoms with E-state index in [2.05, 4.69) is 20.7 Å². The maximum absolute atomic E-state index is 11.3. The van der Waals surface area contributed by atoms with Crippen LogP contribution in [0.2, 0.25) is 0 Å². The lowest BCUT2D eigenvalue weighted by molar-refractivity contribution is -0.139. The number of hydrogen-bond acceptors (Lipinski definition) is 5. The van der Waals surface area contributed by atoms with Crippen molar-refractivity contribution in [3.63, 3.8) is 0 Å². The number of ether oxygens (including phenoxy) is 1. The fourth-order valence-electron chi connectivity index (χ4n) is 1.80. The van der Waals surface area contributed by atoms with Gasteiger partial charge in [-0.25, -0.2) is 0 Å². The number of pyridine rings is 1. The van der Waals surface area contributed by atoms with E-state index in [0.717, 1.165) is 11.1 Å². The molecule has 0 saturated carbocycles. The van der Waals surface area contributed by atoms with E-state index in [9.17, 15) is 4.79 Å². The molecule has 0 radical (unpaired) electrons. The first kappa shape index (κ1) is 16.4. The monoisotopic (exact) mass is 295 g/mol. The number of esters is 1. The smallest absolute Gasteiger partial charge is 0.310 e. The van der Waals surface area contributed by atoms with Crippen LogP contribution in [-0.4, -0.2) is 24.6 Å². The van der Waals surface area contributed by atoms with Crippen LogP contribution < -0.4 is 0 Å². The molecule has 0 aliphatic carbocycles. The molecule has 0 spiro atoms. The van der Waals surface area contributed by atoms with E-state index >= 15 is 0 Å². The van der Waals surface area contributed by atoms with Gasteiger partial charge in [0, 0.05) is 18.9 Å². The standard InChI is InChI=1S/C14H21N3O2S/c1-5-17-20(15,6-2)11(3)13-7-12(9-16-10-13)8-14(18)19-4/h6-7,9-11,15H,2,5,8H2,1,3-4H3. The second-order valence-electron chi connectivity index (χ2n) is 4.31. The van der Waals surface area contributed by atoms with E-state index in [0.29, 0.717) is 6.54 Å². The van der Waals surface area contributed by atoms with Crippen LogP contribution in [0.3, 0.4) is 0 Å². The van der Waals surface area contributed by atoms with E-state index in [-0.39, 0.29) is 17.6 Å². The SMILES string of the molecule is C=CS(=N)(=NCC)C(C)c1cncc(CC(=O)OC)c1. The lowest BCUT2D eigenvalue weighted by Crippen LogP contribution is -2.09. The largest absolute Gasteiger partial charge is 0.469 e. The van der Waals surface area contributed by atoms with Gasteiger partial charge in [0.1, 0.15) is 0 Å². The van der Waals surface area contributed by atoms with Crippen LogP contribution in [0, 0.1) is 4.78 Å². The minimum Gasteiger partial charge on any atom is -0.469 e. The molecule has 1 heterocycles. The number of hydrogen-bond donors (Lipinski definition) is 1. The summed E-state index contributed by atoms with van der Waals surface area (Å²) in [7, 11) is -0.667. The van der Waals surface area contributed by atoms with Crippen LogP contribution >= 0.6 is 0 Å². The molecule has 20 heavy (non-hydrogen) atoms. The first-order valence-electron chi connectivity index (χ1n) is 6.35. The van der Waals surface area contributed by atoms with Crippen LogP contribution in [-0.2, 0) is 25.6 Å². The van der Waals surface area contributed by atoms with E-state index in [1.165, 1.54) is 7.11 Å². The van der Waals surface area contributed by atoms with Crippen molar-refractivity contribution in [2.75, 3.05) is 13.7 Å². The molecule has 0 aliphatic rings. The van der Waals surface area contributed by atoms with Gasteiger partial charge in [0.15, 0.2) is 0 Å². The van der Waals surface area contributed by atoms with E-state index in [1.54, 1.807) is 17.8 Å². The number of rotatable bonds is 6. The van der Waals surface area contributed by atoms with Crippen molar-refractivity contribution in [3.05, 3.63) is 41.6 Å². The molecule has 0 aromatic carbocycles. The van der Waals surface area contributed by atoms with Crippen LogP contribution in [0.5, 0.6) is 0 Å². The topological polar surface area (TPSA) is 75.4 Å². The molecule has 0 saturated heterocycles. The van der Waals surface area contributed by atoms with Crippen molar-refractivity contribution in [2.24, 2.45) is 4.36 Å². The highest BCUT2D eigenvalue weighted by Crippen LogP contribution is 2.26. The van der Waals surface area contributed by atoms with Gasteiger partial charge in [-0.05, 0) is 40.0 Å². The predicted molar refractivity (Wildman–Crippen MR) is 81.6 cm³/mol. The molecule has 0 bridgehead atoms. The highest BCUT2D eigenvalue weighted by atomic mass is 32.2. The Balaban J connectivity index is 3.11. The van der Waals surface area contributed by atoms with Crippen molar-refractivity contribution in [2.45, 2.75) is 25.5 Å². The van der Waals surface area contributed by atoms with Gasteiger partial charge in [0.05, 0.1) is 18.8 Å². The Kier molecular flexibility index (Phi) is 5.88. The first-order valence-corrected chi connectivity index (χ1v) is 8.07. The molecule has 1 N–H and O–H groups in total. The summed E-state index contributed by atoms with van der Waals surface area (Å²) >= 11 is 0. The minimum atomic E-state index is -2.03. The summed E-state index contributed by atoms with van der Waals surface area (Å²) in [6.07, 6.45) is 3.54. The average Bonchev–Trinajstić information content (AvgIpc) is 2.46. The molecule has 2 unspecified atom stereocenters. The molecular weight excluding hydrogens is 274 g/mol. The molecule has 1 aromatic heterocycles. The van der Waals surface area contributed by atoms with Gasteiger partial charge < -0.3 is 4.74 Å². The fourth-order valence-corrected chi connectivity index (χ4v) is 3.38. The highest BCUT2D eigenvalue weighted by Gasteiger charge is 2.15. The Morgan fingerprint density at radius 1 is 1.65 bits per heavy atom. The number of nitrogens with zero attached hydrogens (tertiary/aromatic N) is 2. The molecule has 0 amide bonds. The number of aromatic nitrogens is 1. The highest BCUT2D eigenvalue weighted by molar-refractivity contribution is 7.97. The van der Waals surface area contributed by atoms with Gasteiger partial charge in [0.25, 0.3) is 0 Å². The fraction of sp³-hybridized carbons (Fsp3) is 0.429. The predicted octanol–water partition coefficient (Wildman–Crippen LogP) is 3.12. The van der Waals surface area contributed by atoms with Crippen molar-refractivity contribution in [1.82, 2.24) is 4.98 Å². The van der Waals surface area contributed by atoms with Crippen LogP contribution in [0.15, 0.2) is 34.8 Å². The summed E-state index contributed by atoms with van der Waals surface area (Å²) in [6, 6.07) is 1.89. The number of carbonyl (C=O) groups excluding carboxylic acids is 1. The Bertz CT molecular complexity index is 604. The zero-order chi connectivity index (χ0) is 15.2. The van der Waals surface area contributed by atoms with Gasteiger partial charge in [-0.1, -0.05) is 12.6 Å². The Hall–Kier alpha value is -1.69. The summed E-state index contributed by atoms with van der Waals surface area (Å²) in [6.45, 7) is 8.19. The van der Waals surface area contributed by atoms with Gasteiger partial charge >= 0.3 is 5.97 Å². The van der Waals surface area contributed by atoms with E-state index in [4.69, 9.17) is 4.78 Å². The second-order valence-corrected chi connectivity index (χ2v) is 6.95. The molecular formula is C14H21N3O2S. The molecule has 2 atom stereocenters. The summed E-state index contributed by atoms with van der Waals surface area (Å²) in [5, 5.41) is 1.51. The Morgan fingerprint density at radius 2 is 2.35 bits per heavy atom. The summed E-state index contributed by atoms with van der Waals surface area (Å²) in [5.41, 5.74) is 1.68. The summed E-state index contributed by atoms with van der Waals surface area (Å²) < 4.78 is 17.5. The number of nitrogens with one attached hydrogen (secondary N) is 1. The Morgan fingerprint density at radius 3 is 2.90 bits per heavy atom. The summed E-state index contributed by atoms with van der Waals surface area (Å²) in [5.74, 6) is -0.303. The molecule has 6 heteroatoms. The van der Waals surface area contributed by atoms with E-state index in [1.807, 2.05) is 19.9 Å². The first-order chi connectivity index (χ1) is 9.46. The average molecular weight is 295 g/mol. The molecule has 0 aliphatic heterocycles. The van der Waals surface area contributed by atoms with E-state index < -0.39 is 9.62 Å².